The number of benzene rings is 2. The second-order valence-corrected chi connectivity index (χ2v) is 4.58. The molecule has 6 heteroatoms. The van der Waals surface area contributed by atoms with E-state index in [1.807, 2.05) is 0 Å². The van der Waals surface area contributed by atoms with Crippen molar-refractivity contribution in [3.63, 3.8) is 0 Å². The van der Waals surface area contributed by atoms with Crippen LogP contribution in [0.1, 0.15) is 22.8 Å². The molecule has 23 heavy (non-hydrogen) atoms. The highest BCUT2D eigenvalue weighted by Crippen LogP contribution is 2.28. The van der Waals surface area contributed by atoms with Gasteiger partial charge in [0.05, 0.1) is 18.4 Å². The van der Waals surface area contributed by atoms with E-state index in [-0.39, 0.29) is 5.56 Å². The van der Waals surface area contributed by atoms with Gasteiger partial charge in [0.1, 0.15) is 0 Å². The van der Waals surface area contributed by atoms with Crippen LogP contribution in [0.2, 0.25) is 0 Å². The second-order valence-electron chi connectivity index (χ2n) is 4.58. The second kappa shape index (κ2) is 7.22. The highest BCUT2D eigenvalue weighted by atomic mass is 16.6. The van der Waals surface area contributed by atoms with Crippen LogP contribution in [0.5, 0.6) is 11.5 Å². The van der Waals surface area contributed by atoms with Crippen LogP contribution in [0, 0.1) is 0 Å². The summed E-state index contributed by atoms with van der Waals surface area (Å²) >= 11 is 0. The van der Waals surface area contributed by atoms with Crippen LogP contribution in [-0.2, 0) is 4.79 Å². The van der Waals surface area contributed by atoms with Gasteiger partial charge in [0.15, 0.2) is 11.5 Å². The molecule has 118 valence electrons. The lowest BCUT2D eigenvalue weighted by atomic mass is 10.2. The van der Waals surface area contributed by atoms with E-state index in [0.29, 0.717) is 22.7 Å². The molecule has 0 aliphatic carbocycles. The summed E-state index contributed by atoms with van der Waals surface area (Å²) in [4.78, 5) is 26.4. The number of methoxy groups -OCH3 is 1. The van der Waals surface area contributed by atoms with Crippen molar-refractivity contribution < 1.29 is 24.2 Å². The summed E-state index contributed by atoms with van der Waals surface area (Å²) in [6.45, 7) is 1.30. The van der Waals surface area contributed by atoms with Crippen LogP contribution in [0.15, 0.2) is 47.5 Å². The van der Waals surface area contributed by atoms with Crippen molar-refractivity contribution in [3.05, 3.63) is 53.6 Å². The fraction of sp³-hybridized carbons (Fsp3) is 0.118. The molecule has 0 aromatic heterocycles. The van der Waals surface area contributed by atoms with Crippen LogP contribution in [0.4, 0.5) is 5.69 Å². The van der Waals surface area contributed by atoms with Gasteiger partial charge in [-0.1, -0.05) is 12.1 Å². The summed E-state index contributed by atoms with van der Waals surface area (Å²) in [5.74, 6) is -0.792. The summed E-state index contributed by atoms with van der Waals surface area (Å²) in [6.07, 6.45) is 1.52. The summed E-state index contributed by atoms with van der Waals surface area (Å²) in [5, 5.41) is 9.12. The first-order valence-corrected chi connectivity index (χ1v) is 6.74. The van der Waals surface area contributed by atoms with Gasteiger partial charge in [-0.15, -0.1) is 0 Å². The number of ether oxygens (including phenoxy) is 2. The van der Waals surface area contributed by atoms with Gasteiger partial charge in [-0.25, -0.2) is 4.79 Å². The molecule has 0 bridgehead atoms. The molecule has 2 aromatic carbocycles. The van der Waals surface area contributed by atoms with Crippen molar-refractivity contribution in [1.82, 2.24) is 0 Å². The van der Waals surface area contributed by atoms with E-state index in [4.69, 9.17) is 14.6 Å². The molecular weight excluding hydrogens is 298 g/mol. The Hall–Kier alpha value is -3.15. The Balaban J connectivity index is 2.30. The Labute approximate surface area is 133 Å². The van der Waals surface area contributed by atoms with Gasteiger partial charge in [0, 0.05) is 13.1 Å². The van der Waals surface area contributed by atoms with E-state index in [9.17, 15) is 9.59 Å². The van der Waals surface area contributed by atoms with Gasteiger partial charge in [0.2, 0.25) is 0 Å². The number of carbonyl (C=O) groups excluding carboxylic acids is 1. The number of hydrogen-bond donors (Lipinski definition) is 1. The molecule has 2 rings (SSSR count). The average Bonchev–Trinajstić information content (AvgIpc) is 2.53. The summed E-state index contributed by atoms with van der Waals surface area (Å²) in [7, 11) is 1.46. The van der Waals surface area contributed by atoms with E-state index in [1.165, 1.54) is 26.3 Å². The van der Waals surface area contributed by atoms with Crippen molar-refractivity contribution in [2.45, 2.75) is 6.92 Å². The predicted octanol–water partition coefficient (Wildman–Crippen LogP) is 3.07. The van der Waals surface area contributed by atoms with Crippen molar-refractivity contribution in [2.24, 2.45) is 4.99 Å². The Bertz CT molecular complexity index is 767. The van der Waals surface area contributed by atoms with Gasteiger partial charge >= 0.3 is 11.9 Å². The zero-order valence-corrected chi connectivity index (χ0v) is 12.6. The predicted molar refractivity (Wildman–Crippen MR) is 85.0 cm³/mol. The maximum Gasteiger partial charge on any atom is 0.337 e. The molecule has 0 spiro atoms. The Morgan fingerprint density at radius 2 is 1.87 bits per heavy atom. The van der Waals surface area contributed by atoms with E-state index in [0.717, 1.165) is 0 Å². The molecule has 0 saturated carbocycles. The third kappa shape index (κ3) is 4.16. The summed E-state index contributed by atoms with van der Waals surface area (Å²) in [5.41, 5.74) is 1.15. The molecule has 0 radical (unpaired) electrons. The number of aromatic carboxylic acids is 1. The molecule has 0 aliphatic rings. The number of carbonyl (C=O) groups is 2. The van der Waals surface area contributed by atoms with Gasteiger partial charge in [0.25, 0.3) is 0 Å². The number of esters is 1. The molecule has 0 unspecified atom stereocenters. The summed E-state index contributed by atoms with van der Waals surface area (Å²) < 4.78 is 10.2. The van der Waals surface area contributed by atoms with Gasteiger partial charge in [-0.2, -0.15) is 0 Å². The van der Waals surface area contributed by atoms with Gasteiger partial charge in [-0.3, -0.25) is 9.79 Å². The standard InChI is InChI=1S/C17H15NO5/c1-11(19)23-15-8-7-12(9-16(15)22-2)10-18-14-6-4-3-5-13(14)17(20)21/h3-10H,1-2H3,(H,20,21). The molecule has 0 aliphatic heterocycles. The van der Waals surface area contributed by atoms with Crippen molar-refractivity contribution >= 4 is 23.8 Å². The lowest BCUT2D eigenvalue weighted by Gasteiger charge is -2.08. The molecule has 1 N–H and O–H groups in total. The van der Waals surface area contributed by atoms with E-state index in [1.54, 1.807) is 36.4 Å². The number of hydrogen-bond acceptors (Lipinski definition) is 5. The van der Waals surface area contributed by atoms with Crippen molar-refractivity contribution in [1.29, 1.82) is 0 Å². The van der Waals surface area contributed by atoms with E-state index < -0.39 is 11.9 Å². The lowest BCUT2D eigenvalue weighted by molar-refractivity contribution is -0.132. The minimum atomic E-state index is -1.04. The molecule has 6 nitrogen and oxygen atoms in total. The molecule has 0 atom stereocenters. The smallest absolute Gasteiger partial charge is 0.337 e. The SMILES string of the molecule is COc1cc(C=Nc2ccccc2C(=O)O)ccc1OC(C)=O. The zero-order valence-electron chi connectivity index (χ0n) is 12.6. The largest absolute Gasteiger partial charge is 0.493 e. The molecule has 0 fully saturated rings. The zero-order chi connectivity index (χ0) is 16.8. The molecular formula is C17H15NO5. The molecule has 0 saturated heterocycles. The Morgan fingerprint density at radius 1 is 1.13 bits per heavy atom. The Morgan fingerprint density at radius 3 is 2.52 bits per heavy atom. The van der Waals surface area contributed by atoms with Gasteiger partial charge < -0.3 is 14.6 Å². The monoisotopic (exact) mass is 313 g/mol. The first-order chi connectivity index (χ1) is 11.0. The first-order valence-electron chi connectivity index (χ1n) is 6.74. The fourth-order valence-corrected chi connectivity index (χ4v) is 1.91. The highest BCUT2D eigenvalue weighted by molar-refractivity contribution is 5.95. The topological polar surface area (TPSA) is 85.2 Å². The Kier molecular flexibility index (Phi) is 5.09. The minimum absolute atomic E-state index is 0.118. The van der Waals surface area contributed by atoms with Crippen LogP contribution in [-0.4, -0.2) is 30.4 Å². The fourth-order valence-electron chi connectivity index (χ4n) is 1.91. The molecule has 0 heterocycles. The highest BCUT2D eigenvalue weighted by Gasteiger charge is 2.09. The molecule has 0 amide bonds. The van der Waals surface area contributed by atoms with Crippen molar-refractivity contribution in [3.8, 4) is 11.5 Å². The first kappa shape index (κ1) is 16.2. The number of rotatable bonds is 5. The number of carboxylic acid groups (broad SMARTS) is 1. The van der Waals surface area contributed by atoms with E-state index >= 15 is 0 Å². The lowest BCUT2D eigenvalue weighted by Crippen LogP contribution is -2.03. The number of para-hydroxylation sites is 1. The normalized spacial score (nSPS) is 10.5. The molecule has 2 aromatic rings. The van der Waals surface area contributed by atoms with Crippen LogP contribution in [0.25, 0.3) is 0 Å². The van der Waals surface area contributed by atoms with Crippen LogP contribution < -0.4 is 9.47 Å². The third-order valence-corrected chi connectivity index (χ3v) is 2.93. The van der Waals surface area contributed by atoms with Crippen LogP contribution in [0.3, 0.4) is 0 Å². The van der Waals surface area contributed by atoms with Crippen LogP contribution >= 0.6 is 0 Å². The maximum atomic E-state index is 11.1. The van der Waals surface area contributed by atoms with E-state index in [2.05, 4.69) is 4.99 Å². The average molecular weight is 313 g/mol. The minimum Gasteiger partial charge on any atom is -0.493 e. The number of carboxylic acids is 1. The quantitative estimate of drug-likeness (QED) is 0.521. The third-order valence-electron chi connectivity index (χ3n) is 2.93. The number of aliphatic imine (C=N–C) groups is 1. The van der Waals surface area contributed by atoms with Crippen molar-refractivity contribution in [2.75, 3.05) is 7.11 Å². The maximum absolute atomic E-state index is 11.1. The van der Waals surface area contributed by atoms with Gasteiger partial charge in [-0.05, 0) is 35.9 Å². The summed E-state index contributed by atoms with van der Waals surface area (Å²) in [6, 6.07) is 11.4. The number of nitrogens with zero attached hydrogens (tertiary/aromatic N) is 1.